The molecule has 0 aromatic carbocycles. The largest absolute Gasteiger partial charge is 0.389 e. The van der Waals surface area contributed by atoms with Gasteiger partial charge >= 0.3 is 0 Å². The molecule has 2 unspecified atom stereocenters. The summed E-state index contributed by atoms with van der Waals surface area (Å²) in [4.78, 5) is 6.88. The molecule has 4 nitrogen and oxygen atoms in total. The minimum absolute atomic E-state index is 0.335. The third-order valence-corrected chi connectivity index (χ3v) is 4.46. The van der Waals surface area contributed by atoms with Gasteiger partial charge in [0.2, 0.25) is 0 Å². The van der Waals surface area contributed by atoms with Crippen LogP contribution < -0.4 is 0 Å². The summed E-state index contributed by atoms with van der Waals surface area (Å²) in [7, 11) is 2.14. The molecule has 0 aliphatic carbocycles. The fraction of sp³-hybridized carbons (Fsp3) is 0.667. The number of hydrogen-bond acceptors (Lipinski definition) is 4. The molecule has 2 aliphatic heterocycles. The first-order valence-electron chi connectivity index (χ1n) is 7.00. The average Bonchev–Trinajstić information content (AvgIpc) is 2.31. The number of morpholine rings is 1. The number of likely N-dealkylation sites (N-methyl/N-ethyl adjacent to an activating group) is 1. The second-order valence-electron chi connectivity index (χ2n) is 6.09. The van der Waals surface area contributed by atoms with E-state index >= 15 is 0 Å². The molecule has 0 amide bonds. The van der Waals surface area contributed by atoms with Crippen LogP contribution in [0.2, 0.25) is 0 Å². The second kappa shape index (κ2) is 4.85. The number of nitrogens with zero attached hydrogens (tertiary/aromatic N) is 2. The Morgan fingerprint density at radius 2 is 2.05 bits per heavy atom. The highest BCUT2D eigenvalue weighted by Gasteiger charge is 2.44. The summed E-state index contributed by atoms with van der Waals surface area (Å²) in [5, 5.41) is 10.9. The SMILES string of the molecule is Cc1cccc(CC2(O)CC3COCC(C2)N3C)n1. The topological polar surface area (TPSA) is 45.6 Å². The normalized spacial score (nSPS) is 35.3. The maximum atomic E-state index is 10.9. The highest BCUT2D eigenvalue weighted by atomic mass is 16.5. The van der Waals surface area contributed by atoms with Crippen molar-refractivity contribution >= 4 is 0 Å². The quantitative estimate of drug-likeness (QED) is 0.868. The van der Waals surface area contributed by atoms with E-state index in [1.54, 1.807) is 0 Å². The van der Waals surface area contributed by atoms with E-state index in [9.17, 15) is 5.11 Å². The van der Waals surface area contributed by atoms with Crippen LogP contribution in [0.1, 0.15) is 24.2 Å². The number of fused-ring (bicyclic) bond motifs is 2. The van der Waals surface area contributed by atoms with Crippen molar-refractivity contribution in [1.82, 2.24) is 9.88 Å². The summed E-state index contributed by atoms with van der Waals surface area (Å²) in [5.41, 5.74) is 1.37. The number of rotatable bonds is 2. The van der Waals surface area contributed by atoms with Gasteiger partial charge in [0.1, 0.15) is 0 Å². The van der Waals surface area contributed by atoms with Crippen molar-refractivity contribution in [2.24, 2.45) is 0 Å². The van der Waals surface area contributed by atoms with E-state index < -0.39 is 5.60 Å². The van der Waals surface area contributed by atoms with Gasteiger partial charge in [-0.25, -0.2) is 0 Å². The highest BCUT2D eigenvalue weighted by Crippen LogP contribution is 2.35. The summed E-state index contributed by atoms with van der Waals surface area (Å²) in [6.07, 6.45) is 2.20. The van der Waals surface area contributed by atoms with Gasteiger partial charge in [-0.1, -0.05) is 6.07 Å². The monoisotopic (exact) mass is 262 g/mol. The zero-order valence-electron chi connectivity index (χ0n) is 11.7. The zero-order chi connectivity index (χ0) is 13.5. The Labute approximate surface area is 114 Å². The summed E-state index contributed by atoms with van der Waals surface area (Å²) in [6, 6.07) is 6.69. The van der Waals surface area contributed by atoms with Crippen LogP contribution in [-0.2, 0) is 11.2 Å². The molecular formula is C15H22N2O2. The van der Waals surface area contributed by atoms with Gasteiger partial charge in [-0.3, -0.25) is 9.88 Å². The van der Waals surface area contributed by atoms with Crippen LogP contribution in [0.15, 0.2) is 18.2 Å². The van der Waals surface area contributed by atoms with E-state index in [4.69, 9.17) is 4.74 Å². The van der Waals surface area contributed by atoms with Crippen molar-refractivity contribution in [1.29, 1.82) is 0 Å². The Morgan fingerprint density at radius 3 is 2.68 bits per heavy atom. The molecule has 3 heterocycles. The van der Waals surface area contributed by atoms with Gasteiger partial charge in [0.25, 0.3) is 0 Å². The smallest absolute Gasteiger partial charge is 0.0734 e. The van der Waals surface area contributed by atoms with Gasteiger partial charge < -0.3 is 9.84 Å². The molecule has 0 saturated carbocycles. The van der Waals surface area contributed by atoms with Crippen molar-refractivity contribution in [3.8, 4) is 0 Å². The van der Waals surface area contributed by atoms with Gasteiger partial charge in [-0.05, 0) is 38.9 Å². The van der Waals surface area contributed by atoms with Crippen molar-refractivity contribution in [2.45, 2.75) is 43.9 Å². The first-order valence-corrected chi connectivity index (χ1v) is 7.00. The Bertz CT molecular complexity index is 449. The molecule has 2 fully saturated rings. The Morgan fingerprint density at radius 1 is 1.37 bits per heavy atom. The minimum Gasteiger partial charge on any atom is -0.389 e. The van der Waals surface area contributed by atoms with Gasteiger partial charge in [-0.2, -0.15) is 0 Å². The van der Waals surface area contributed by atoms with Crippen LogP contribution in [-0.4, -0.2) is 52.9 Å². The van der Waals surface area contributed by atoms with E-state index in [1.165, 1.54) is 0 Å². The van der Waals surface area contributed by atoms with E-state index in [1.807, 2.05) is 25.1 Å². The summed E-state index contributed by atoms with van der Waals surface area (Å²) >= 11 is 0. The molecule has 19 heavy (non-hydrogen) atoms. The lowest BCUT2D eigenvalue weighted by Gasteiger charge is -2.50. The molecule has 1 N–H and O–H groups in total. The predicted octanol–water partition coefficient (Wildman–Crippen LogP) is 1.16. The molecule has 4 heteroatoms. The Hall–Kier alpha value is -0.970. The van der Waals surface area contributed by atoms with E-state index in [2.05, 4.69) is 16.9 Å². The van der Waals surface area contributed by atoms with Crippen LogP contribution in [0.25, 0.3) is 0 Å². The third kappa shape index (κ3) is 2.66. The van der Waals surface area contributed by atoms with Crippen molar-refractivity contribution in [3.63, 3.8) is 0 Å². The molecule has 2 aliphatic rings. The van der Waals surface area contributed by atoms with E-state index in [-0.39, 0.29) is 0 Å². The lowest BCUT2D eigenvalue weighted by Crippen LogP contribution is -2.60. The number of aliphatic hydroxyl groups is 1. The first kappa shape index (κ1) is 13.0. The second-order valence-corrected chi connectivity index (χ2v) is 6.09. The zero-order valence-corrected chi connectivity index (χ0v) is 11.7. The predicted molar refractivity (Wildman–Crippen MR) is 73.0 cm³/mol. The third-order valence-electron chi connectivity index (χ3n) is 4.46. The fourth-order valence-corrected chi connectivity index (χ4v) is 3.42. The van der Waals surface area contributed by atoms with Gasteiger partial charge in [0, 0.05) is 29.9 Å². The Balaban J connectivity index is 1.77. The number of hydrogen-bond donors (Lipinski definition) is 1. The van der Waals surface area contributed by atoms with Crippen molar-refractivity contribution < 1.29 is 9.84 Å². The number of aromatic nitrogens is 1. The Kier molecular flexibility index (Phi) is 3.33. The molecule has 2 bridgehead atoms. The fourth-order valence-electron chi connectivity index (χ4n) is 3.42. The number of aryl methyl sites for hydroxylation is 1. The maximum absolute atomic E-state index is 10.9. The lowest BCUT2D eigenvalue weighted by molar-refractivity contribution is -0.133. The van der Waals surface area contributed by atoms with Gasteiger partial charge in [0.05, 0.1) is 18.8 Å². The minimum atomic E-state index is -0.633. The van der Waals surface area contributed by atoms with Crippen LogP contribution in [0.4, 0.5) is 0 Å². The molecular weight excluding hydrogens is 240 g/mol. The average molecular weight is 262 g/mol. The molecule has 1 aromatic rings. The van der Waals surface area contributed by atoms with Crippen molar-refractivity contribution in [3.05, 3.63) is 29.6 Å². The summed E-state index contributed by atoms with van der Waals surface area (Å²) < 4.78 is 5.60. The molecule has 2 atom stereocenters. The van der Waals surface area contributed by atoms with Gasteiger partial charge in [-0.15, -0.1) is 0 Å². The molecule has 3 rings (SSSR count). The van der Waals surface area contributed by atoms with Crippen molar-refractivity contribution in [2.75, 3.05) is 20.3 Å². The van der Waals surface area contributed by atoms with Crippen LogP contribution in [0.5, 0.6) is 0 Å². The standard InChI is InChI=1S/C15H22N2O2/c1-11-4-3-5-12(16-11)6-15(18)7-13-9-19-10-14(8-15)17(13)2/h3-5,13-14,18H,6-10H2,1-2H3. The maximum Gasteiger partial charge on any atom is 0.0734 e. The highest BCUT2D eigenvalue weighted by molar-refractivity contribution is 5.13. The van der Waals surface area contributed by atoms with Crippen LogP contribution in [0, 0.1) is 6.92 Å². The lowest BCUT2D eigenvalue weighted by atomic mass is 9.78. The molecule has 2 saturated heterocycles. The summed E-state index contributed by atoms with van der Waals surface area (Å²) in [6.45, 7) is 3.46. The van der Waals surface area contributed by atoms with Crippen LogP contribution >= 0.6 is 0 Å². The molecule has 1 aromatic heterocycles. The first-order chi connectivity index (χ1) is 9.06. The molecule has 0 radical (unpaired) electrons. The van der Waals surface area contributed by atoms with Crippen LogP contribution in [0.3, 0.4) is 0 Å². The van der Waals surface area contributed by atoms with Gasteiger partial charge in [0.15, 0.2) is 0 Å². The number of piperidine rings is 1. The molecule has 104 valence electrons. The molecule has 0 spiro atoms. The number of pyridine rings is 1. The summed E-state index contributed by atoms with van der Waals surface area (Å²) in [5.74, 6) is 0. The van der Waals surface area contributed by atoms with E-state index in [0.717, 1.165) is 37.4 Å². The number of ether oxygens (including phenoxy) is 1. The van der Waals surface area contributed by atoms with E-state index in [0.29, 0.717) is 18.5 Å².